The molecule has 0 unspecified atom stereocenters. The molecule has 0 fully saturated rings. The van der Waals surface area contributed by atoms with Crippen LogP contribution in [0, 0.1) is 0 Å². The summed E-state index contributed by atoms with van der Waals surface area (Å²) in [6.45, 7) is 9.44. The second-order valence-corrected chi connectivity index (χ2v) is 5.54. The molecule has 6 heteroatoms. The topological polar surface area (TPSA) is 105 Å². The fourth-order valence-corrected chi connectivity index (χ4v) is 2.13. The van der Waals surface area contributed by atoms with Gasteiger partial charge in [0.05, 0.1) is 0 Å². The van der Waals surface area contributed by atoms with Crippen LogP contribution in [0.2, 0.25) is 0 Å². The fraction of sp³-hybridized carbons (Fsp3) is 0.474. The number of nitrogens with two attached hydrogens (primary N) is 2. The average molecular weight is 348 g/mol. The van der Waals surface area contributed by atoms with E-state index in [1.807, 2.05) is 44.3 Å². The first-order chi connectivity index (χ1) is 11.9. The number of hydrogen-bond acceptors (Lipinski definition) is 2. The van der Waals surface area contributed by atoms with Crippen LogP contribution in [0.4, 0.5) is 4.79 Å². The van der Waals surface area contributed by atoms with Crippen LogP contribution in [0.5, 0.6) is 0 Å². The van der Waals surface area contributed by atoms with E-state index in [1.54, 1.807) is 4.90 Å². The lowest BCUT2D eigenvalue weighted by Crippen LogP contribution is -2.35. The van der Waals surface area contributed by atoms with E-state index < -0.39 is 0 Å². The summed E-state index contributed by atoms with van der Waals surface area (Å²) in [4.78, 5) is 25.7. The van der Waals surface area contributed by atoms with Crippen LogP contribution in [-0.2, 0) is 11.2 Å². The summed E-state index contributed by atoms with van der Waals surface area (Å²) in [6, 6.07) is 7.70. The van der Waals surface area contributed by atoms with Crippen molar-refractivity contribution in [1.82, 2.24) is 9.88 Å². The summed E-state index contributed by atoms with van der Waals surface area (Å²) in [5.41, 5.74) is 12.3. The summed E-state index contributed by atoms with van der Waals surface area (Å²) < 4.78 is 0. The number of rotatable bonds is 5. The van der Waals surface area contributed by atoms with Gasteiger partial charge in [-0.3, -0.25) is 4.79 Å². The van der Waals surface area contributed by atoms with E-state index in [0.29, 0.717) is 25.9 Å². The summed E-state index contributed by atoms with van der Waals surface area (Å²) in [5, 5.41) is 1.17. The minimum Gasteiger partial charge on any atom is -0.370 e. The van der Waals surface area contributed by atoms with Gasteiger partial charge >= 0.3 is 6.03 Å². The van der Waals surface area contributed by atoms with E-state index >= 15 is 0 Å². The molecule has 1 heterocycles. The van der Waals surface area contributed by atoms with Gasteiger partial charge in [0.15, 0.2) is 0 Å². The van der Waals surface area contributed by atoms with Crippen molar-refractivity contribution in [2.24, 2.45) is 11.5 Å². The average Bonchev–Trinajstić information content (AvgIpc) is 2.98. The third-order valence-electron chi connectivity index (χ3n) is 3.39. The zero-order valence-corrected chi connectivity index (χ0v) is 15.8. The van der Waals surface area contributed by atoms with Crippen molar-refractivity contribution in [3.8, 4) is 0 Å². The molecule has 2 aromatic rings. The van der Waals surface area contributed by atoms with Crippen LogP contribution in [0.3, 0.4) is 0 Å². The van der Waals surface area contributed by atoms with Crippen LogP contribution in [-0.4, -0.2) is 34.9 Å². The van der Waals surface area contributed by atoms with Crippen molar-refractivity contribution in [2.45, 2.75) is 47.0 Å². The highest BCUT2D eigenvalue weighted by Crippen LogP contribution is 2.18. The van der Waals surface area contributed by atoms with Crippen molar-refractivity contribution in [2.75, 3.05) is 13.1 Å². The molecule has 0 saturated heterocycles. The predicted octanol–water partition coefficient (Wildman–Crippen LogP) is 3.41. The lowest BCUT2D eigenvalue weighted by atomic mass is 10.1. The minimum absolute atomic E-state index is 0.254. The first-order valence-electron chi connectivity index (χ1n) is 8.78. The van der Waals surface area contributed by atoms with E-state index in [1.165, 1.54) is 11.8 Å². The molecule has 0 atom stereocenters. The fourth-order valence-electron chi connectivity index (χ4n) is 2.13. The predicted molar refractivity (Wildman–Crippen MR) is 104 cm³/mol. The molecule has 5 N–H and O–H groups in total. The van der Waals surface area contributed by atoms with Gasteiger partial charge in [-0.1, -0.05) is 38.5 Å². The Morgan fingerprint density at radius 2 is 1.60 bits per heavy atom. The van der Waals surface area contributed by atoms with Crippen molar-refractivity contribution in [1.29, 1.82) is 0 Å². The second-order valence-electron chi connectivity index (χ2n) is 5.54. The number of nitrogens with one attached hydrogen (secondary N) is 1. The minimum atomic E-state index is -0.338. The quantitative estimate of drug-likeness (QED) is 0.770. The molecule has 0 bridgehead atoms. The van der Waals surface area contributed by atoms with Gasteiger partial charge in [-0.05, 0) is 31.9 Å². The number of urea groups is 1. The maximum atomic E-state index is 10.6. The van der Waals surface area contributed by atoms with E-state index in [2.05, 4.69) is 18.8 Å². The largest absolute Gasteiger partial charge is 0.370 e. The van der Waals surface area contributed by atoms with Gasteiger partial charge in [0.2, 0.25) is 5.91 Å². The summed E-state index contributed by atoms with van der Waals surface area (Å²) in [6.07, 6.45) is 4.30. The molecule has 2 rings (SSSR count). The molecule has 3 amide bonds. The van der Waals surface area contributed by atoms with Crippen LogP contribution >= 0.6 is 0 Å². The maximum Gasteiger partial charge on any atom is 0.314 e. The van der Waals surface area contributed by atoms with E-state index in [4.69, 9.17) is 11.5 Å². The number of aryl methyl sites for hydroxylation is 1. The number of carbonyl (C=O) groups is 2. The van der Waals surface area contributed by atoms with E-state index in [9.17, 15) is 9.59 Å². The van der Waals surface area contributed by atoms with E-state index in [0.717, 1.165) is 11.1 Å². The normalized spacial score (nSPS) is 9.44. The monoisotopic (exact) mass is 348 g/mol. The van der Waals surface area contributed by atoms with Crippen molar-refractivity contribution in [3.05, 3.63) is 36.0 Å². The number of carbonyl (C=O) groups excluding carboxylic acids is 2. The van der Waals surface area contributed by atoms with Gasteiger partial charge in [-0.25, -0.2) is 4.79 Å². The Morgan fingerprint density at radius 3 is 2.04 bits per heavy atom. The molecule has 0 aliphatic carbocycles. The molecular weight excluding hydrogens is 316 g/mol. The highest BCUT2D eigenvalue weighted by atomic mass is 16.2. The van der Waals surface area contributed by atoms with Crippen molar-refractivity contribution in [3.63, 3.8) is 0 Å². The lowest BCUT2D eigenvalue weighted by Gasteiger charge is -2.13. The summed E-state index contributed by atoms with van der Waals surface area (Å²) in [7, 11) is 0. The second kappa shape index (κ2) is 12.9. The Hall–Kier alpha value is -2.50. The Kier molecular flexibility index (Phi) is 11.6. The van der Waals surface area contributed by atoms with Gasteiger partial charge in [0.1, 0.15) is 0 Å². The summed E-state index contributed by atoms with van der Waals surface area (Å²) >= 11 is 0. The number of para-hydroxylation sites is 1. The third kappa shape index (κ3) is 8.79. The number of benzene rings is 1. The highest BCUT2D eigenvalue weighted by Gasteiger charge is 2.03. The zero-order valence-electron chi connectivity index (χ0n) is 15.8. The number of aromatic nitrogens is 1. The molecule has 25 heavy (non-hydrogen) atoms. The SMILES string of the molecule is CCC.CCN(CC)C(N)=O.NC(=O)CCc1c[nH]c2ccccc12. The highest BCUT2D eigenvalue weighted by molar-refractivity contribution is 5.83. The molecule has 140 valence electrons. The molecule has 1 aromatic heterocycles. The lowest BCUT2D eigenvalue weighted by molar-refractivity contribution is -0.117. The van der Waals surface area contributed by atoms with Crippen molar-refractivity contribution < 1.29 is 9.59 Å². The number of fused-ring (bicyclic) bond motifs is 1. The maximum absolute atomic E-state index is 10.6. The van der Waals surface area contributed by atoms with Gasteiger partial charge in [-0.15, -0.1) is 0 Å². The molecule has 1 aromatic carbocycles. The third-order valence-corrected chi connectivity index (χ3v) is 3.39. The number of nitrogens with zero attached hydrogens (tertiary/aromatic N) is 1. The van der Waals surface area contributed by atoms with Gasteiger partial charge in [-0.2, -0.15) is 0 Å². The summed E-state index contributed by atoms with van der Waals surface area (Å²) in [5.74, 6) is -0.254. The first kappa shape index (κ1) is 22.5. The Bertz CT molecular complexity index is 633. The molecule has 0 saturated carbocycles. The van der Waals surface area contributed by atoms with Gasteiger partial charge in [0, 0.05) is 36.6 Å². The van der Waals surface area contributed by atoms with Crippen molar-refractivity contribution >= 4 is 22.8 Å². The van der Waals surface area contributed by atoms with Gasteiger partial charge < -0.3 is 21.4 Å². The standard InChI is InChI=1S/C11H12N2O.C5H12N2O.C3H8/c12-11(14)6-5-8-7-13-10-4-2-1-3-9(8)10;1-3-7(4-2)5(6)8;1-3-2/h1-4,7,13H,5-6H2,(H2,12,14);3-4H2,1-2H3,(H2,6,8);3H2,1-2H3. The number of primary amides is 2. The zero-order chi connectivity index (χ0) is 19.2. The number of amides is 3. The Balaban J connectivity index is 0.000000448. The number of H-pyrrole nitrogens is 1. The molecule has 0 aliphatic rings. The van der Waals surface area contributed by atoms with Crippen LogP contribution < -0.4 is 11.5 Å². The number of aromatic amines is 1. The molecule has 0 spiro atoms. The molecule has 0 aliphatic heterocycles. The van der Waals surface area contributed by atoms with Gasteiger partial charge in [0.25, 0.3) is 0 Å². The number of hydrogen-bond donors (Lipinski definition) is 3. The van der Waals surface area contributed by atoms with Crippen LogP contribution in [0.1, 0.15) is 46.1 Å². The van der Waals surface area contributed by atoms with Crippen LogP contribution in [0.15, 0.2) is 30.5 Å². The van der Waals surface area contributed by atoms with Crippen LogP contribution in [0.25, 0.3) is 10.9 Å². The smallest absolute Gasteiger partial charge is 0.314 e. The Labute approximate surface area is 150 Å². The van der Waals surface area contributed by atoms with E-state index in [-0.39, 0.29) is 11.9 Å². The molecule has 0 radical (unpaired) electrons. The molecule has 6 nitrogen and oxygen atoms in total. The first-order valence-corrected chi connectivity index (χ1v) is 8.78. The Morgan fingerprint density at radius 1 is 1.04 bits per heavy atom. The molecular formula is C19H32N4O2.